The molecule has 6 nitrogen and oxygen atoms in total. The molecule has 21 heavy (non-hydrogen) atoms. The molecule has 0 aliphatic carbocycles. The van der Waals surface area contributed by atoms with Gasteiger partial charge in [0.25, 0.3) is 5.91 Å². The van der Waals surface area contributed by atoms with Gasteiger partial charge in [-0.25, -0.2) is 4.68 Å². The van der Waals surface area contributed by atoms with Crippen molar-refractivity contribution in [2.24, 2.45) is 0 Å². The van der Waals surface area contributed by atoms with Crippen LogP contribution in [-0.2, 0) is 6.54 Å². The zero-order valence-corrected chi connectivity index (χ0v) is 12.2. The summed E-state index contributed by atoms with van der Waals surface area (Å²) in [6.07, 6.45) is 5.17. The Bertz CT molecular complexity index is 750. The van der Waals surface area contributed by atoms with E-state index in [2.05, 4.69) is 20.6 Å². The van der Waals surface area contributed by atoms with E-state index < -0.39 is 0 Å². The summed E-state index contributed by atoms with van der Waals surface area (Å²) in [6, 6.07) is 7.43. The number of carbonyl (C=O) groups is 1. The molecular formula is C14H13N5OS. The molecule has 106 valence electrons. The van der Waals surface area contributed by atoms with Gasteiger partial charge in [0.15, 0.2) is 0 Å². The van der Waals surface area contributed by atoms with Crippen molar-refractivity contribution in [1.29, 1.82) is 0 Å². The van der Waals surface area contributed by atoms with E-state index in [9.17, 15) is 4.79 Å². The van der Waals surface area contributed by atoms with E-state index in [1.807, 2.05) is 31.2 Å². The Balaban J connectivity index is 1.64. The lowest BCUT2D eigenvalue weighted by Gasteiger charge is -2.00. The monoisotopic (exact) mass is 299 g/mol. The molecule has 0 atom stereocenters. The van der Waals surface area contributed by atoms with Crippen LogP contribution in [0, 0.1) is 6.92 Å². The zero-order valence-electron chi connectivity index (χ0n) is 11.4. The van der Waals surface area contributed by atoms with E-state index in [4.69, 9.17) is 0 Å². The first kappa shape index (κ1) is 13.4. The molecule has 0 fully saturated rings. The Kier molecular flexibility index (Phi) is 3.74. The van der Waals surface area contributed by atoms with E-state index >= 15 is 0 Å². The standard InChI is InChI=1S/C14H13N5OS/c1-10-2-3-13(21-10)14(20)16-8-11-9-19(18-17-11)12-4-6-15-7-5-12/h2-7,9H,8H2,1H3,(H,16,20). The number of pyridine rings is 1. The molecular weight excluding hydrogens is 286 g/mol. The second-order valence-corrected chi connectivity index (χ2v) is 5.74. The highest BCUT2D eigenvalue weighted by molar-refractivity contribution is 7.13. The highest BCUT2D eigenvalue weighted by Gasteiger charge is 2.09. The van der Waals surface area contributed by atoms with Crippen LogP contribution in [0.5, 0.6) is 0 Å². The second-order valence-electron chi connectivity index (χ2n) is 4.45. The van der Waals surface area contributed by atoms with Crippen molar-refractivity contribution in [1.82, 2.24) is 25.3 Å². The molecule has 1 amide bonds. The van der Waals surface area contributed by atoms with Crippen LogP contribution in [-0.4, -0.2) is 25.9 Å². The van der Waals surface area contributed by atoms with Crippen molar-refractivity contribution in [3.63, 3.8) is 0 Å². The third-order valence-electron chi connectivity index (χ3n) is 2.86. The molecule has 7 heteroatoms. The molecule has 0 aliphatic heterocycles. The van der Waals surface area contributed by atoms with E-state index in [0.717, 1.165) is 10.6 Å². The predicted octanol–water partition coefficient (Wildman–Crippen LogP) is 1.96. The van der Waals surface area contributed by atoms with Gasteiger partial charge in [-0.3, -0.25) is 9.78 Å². The fourth-order valence-corrected chi connectivity index (χ4v) is 2.60. The van der Waals surface area contributed by atoms with Crippen LogP contribution in [0.25, 0.3) is 5.69 Å². The van der Waals surface area contributed by atoms with Crippen LogP contribution in [0.4, 0.5) is 0 Å². The normalized spacial score (nSPS) is 10.5. The number of nitrogens with one attached hydrogen (secondary N) is 1. The van der Waals surface area contributed by atoms with Gasteiger partial charge < -0.3 is 5.32 Å². The second kappa shape index (κ2) is 5.84. The number of aryl methyl sites for hydroxylation is 1. The van der Waals surface area contributed by atoms with Crippen LogP contribution in [0.1, 0.15) is 20.2 Å². The molecule has 0 saturated carbocycles. The van der Waals surface area contributed by atoms with Crippen molar-refractivity contribution in [2.45, 2.75) is 13.5 Å². The minimum absolute atomic E-state index is 0.0911. The number of nitrogens with zero attached hydrogens (tertiary/aromatic N) is 4. The molecule has 0 bridgehead atoms. The topological polar surface area (TPSA) is 72.7 Å². The number of thiophene rings is 1. The number of rotatable bonds is 4. The van der Waals surface area contributed by atoms with Crippen molar-refractivity contribution in [2.75, 3.05) is 0 Å². The molecule has 3 aromatic rings. The van der Waals surface area contributed by atoms with E-state index in [1.165, 1.54) is 11.3 Å². The van der Waals surface area contributed by atoms with Gasteiger partial charge in [0.2, 0.25) is 0 Å². The van der Waals surface area contributed by atoms with Crippen molar-refractivity contribution in [3.8, 4) is 5.69 Å². The van der Waals surface area contributed by atoms with Gasteiger partial charge in [-0.2, -0.15) is 0 Å². The van der Waals surface area contributed by atoms with Crippen LogP contribution < -0.4 is 5.32 Å². The Morgan fingerprint density at radius 1 is 1.29 bits per heavy atom. The summed E-state index contributed by atoms with van der Waals surface area (Å²) in [6.45, 7) is 2.32. The summed E-state index contributed by atoms with van der Waals surface area (Å²) in [5, 5.41) is 10.9. The molecule has 3 rings (SSSR count). The van der Waals surface area contributed by atoms with E-state index in [1.54, 1.807) is 23.3 Å². The fourth-order valence-electron chi connectivity index (χ4n) is 1.82. The number of hydrogen-bond acceptors (Lipinski definition) is 5. The summed E-state index contributed by atoms with van der Waals surface area (Å²) in [5.41, 5.74) is 1.58. The molecule has 0 radical (unpaired) electrons. The Morgan fingerprint density at radius 2 is 2.10 bits per heavy atom. The lowest BCUT2D eigenvalue weighted by Crippen LogP contribution is -2.21. The van der Waals surface area contributed by atoms with Crippen LogP contribution in [0.2, 0.25) is 0 Å². The first-order valence-electron chi connectivity index (χ1n) is 6.38. The first-order chi connectivity index (χ1) is 10.2. The molecule has 3 heterocycles. The highest BCUT2D eigenvalue weighted by atomic mass is 32.1. The fraction of sp³-hybridized carbons (Fsp3) is 0.143. The van der Waals surface area contributed by atoms with Crippen molar-refractivity contribution >= 4 is 17.2 Å². The van der Waals surface area contributed by atoms with Crippen LogP contribution in [0.15, 0.2) is 42.9 Å². The summed E-state index contributed by atoms with van der Waals surface area (Å²) in [7, 11) is 0. The minimum atomic E-state index is -0.0911. The maximum absolute atomic E-state index is 11.9. The average Bonchev–Trinajstić information content (AvgIpc) is 3.15. The SMILES string of the molecule is Cc1ccc(C(=O)NCc2cn(-c3ccncc3)nn2)s1. The predicted molar refractivity (Wildman–Crippen MR) is 79.4 cm³/mol. The van der Waals surface area contributed by atoms with Gasteiger partial charge >= 0.3 is 0 Å². The smallest absolute Gasteiger partial charge is 0.261 e. The molecule has 3 aromatic heterocycles. The summed E-state index contributed by atoms with van der Waals surface area (Å²) in [5.74, 6) is -0.0911. The van der Waals surface area contributed by atoms with Gasteiger partial charge in [-0.15, -0.1) is 16.4 Å². The van der Waals surface area contributed by atoms with E-state index in [-0.39, 0.29) is 5.91 Å². The van der Waals surface area contributed by atoms with Gasteiger partial charge in [0, 0.05) is 17.3 Å². The summed E-state index contributed by atoms with van der Waals surface area (Å²) < 4.78 is 1.65. The highest BCUT2D eigenvalue weighted by Crippen LogP contribution is 2.14. The maximum atomic E-state index is 11.9. The average molecular weight is 299 g/mol. The largest absolute Gasteiger partial charge is 0.346 e. The van der Waals surface area contributed by atoms with Gasteiger partial charge in [0.1, 0.15) is 5.69 Å². The van der Waals surface area contributed by atoms with Gasteiger partial charge in [0.05, 0.1) is 23.3 Å². The number of amides is 1. The van der Waals surface area contributed by atoms with Crippen LogP contribution >= 0.6 is 11.3 Å². The summed E-state index contributed by atoms with van der Waals surface area (Å²) >= 11 is 1.47. The van der Waals surface area contributed by atoms with Gasteiger partial charge in [-0.1, -0.05) is 5.21 Å². The molecule has 0 unspecified atom stereocenters. The zero-order chi connectivity index (χ0) is 14.7. The minimum Gasteiger partial charge on any atom is -0.346 e. The molecule has 0 aromatic carbocycles. The number of aromatic nitrogens is 4. The van der Waals surface area contributed by atoms with E-state index in [0.29, 0.717) is 17.1 Å². The third-order valence-corrected chi connectivity index (χ3v) is 3.86. The Morgan fingerprint density at radius 3 is 2.81 bits per heavy atom. The quantitative estimate of drug-likeness (QED) is 0.799. The third kappa shape index (κ3) is 3.14. The van der Waals surface area contributed by atoms with Crippen molar-refractivity contribution in [3.05, 3.63) is 58.3 Å². The van der Waals surface area contributed by atoms with Crippen molar-refractivity contribution < 1.29 is 4.79 Å². The molecule has 1 N–H and O–H groups in total. The maximum Gasteiger partial charge on any atom is 0.261 e. The van der Waals surface area contributed by atoms with Crippen LogP contribution in [0.3, 0.4) is 0 Å². The number of hydrogen-bond donors (Lipinski definition) is 1. The first-order valence-corrected chi connectivity index (χ1v) is 7.20. The van der Waals surface area contributed by atoms with Gasteiger partial charge in [-0.05, 0) is 31.2 Å². The molecule has 0 aliphatic rings. The number of carbonyl (C=O) groups excluding carboxylic acids is 1. The lowest BCUT2D eigenvalue weighted by atomic mass is 10.4. The molecule has 0 spiro atoms. The summed E-state index contributed by atoms with van der Waals surface area (Å²) in [4.78, 5) is 17.7. The Hall–Kier alpha value is -2.54. The Labute approximate surface area is 125 Å². The molecule has 0 saturated heterocycles. The lowest BCUT2D eigenvalue weighted by molar-refractivity contribution is 0.0954.